The van der Waals surface area contributed by atoms with E-state index in [1.165, 1.54) is 11.8 Å². The Hall–Kier alpha value is -4.21. The maximum Gasteiger partial charge on any atom is 0.321 e. The molecule has 1 atom stereocenters. The second-order valence-corrected chi connectivity index (χ2v) is 11.3. The van der Waals surface area contributed by atoms with Crippen LogP contribution in [0.5, 0.6) is 0 Å². The van der Waals surface area contributed by atoms with Crippen LogP contribution in [0.4, 0.5) is 16.2 Å². The summed E-state index contributed by atoms with van der Waals surface area (Å²) in [6.45, 7) is 6.10. The molecule has 0 unspecified atom stereocenters. The minimum atomic E-state index is -1.34. The number of fused-ring (bicyclic) bond motifs is 5. The fourth-order valence-corrected chi connectivity index (χ4v) is 6.07. The second-order valence-electron chi connectivity index (χ2n) is 11.3. The van der Waals surface area contributed by atoms with Gasteiger partial charge in [0.2, 0.25) is 12.1 Å². The Morgan fingerprint density at radius 3 is 2.34 bits per heavy atom. The van der Waals surface area contributed by atoms with Crippen molar-refractivity contribution in [2.75, 3.05) is 36.5 Å². The zero-order chi connectivity index (χ0) is 29.1. The van der Waals surface area contributed by atoms with Crippen LogP contribution in [0, 0.1) is 25.7 Å². The summed E-state index contributed by atoms with van der Waals surface area (Å²) in [4.78, 5) is 60.5. The number of amides is 4. The van der Waals surface area contributed by atoms with Gasteiger partial charge < -0.3 is 20.3 Å². The quantitative estimate of drug-likeness (QED) is 0.522. The van der Waals surface area contributed by atoms with Gasteiger partial charge in [-0.1, -0.05) is 30.3 Å². The van der Waals surface area contributed by atoms with E-state index < -0.39 is 24.1 Å². The van der Waals surface area contributed by atoms with Gasteiger partial charge in [0.1, 0.15) is 13.2 Å². The number of hydrogen-bond donors (Lipinski definition) is 2. The number of rotatable bonds is 6. The Balaban J connectivity index is 1.46. The van der Waals surface area contributed by atoms with E-state index in [2.05, 4.69) is 15.6 Å². The molecule has 1 saturated carbocycles. The Bertz CT molecular complexity index is 1370. The van der Waals surface area contributed by atoms with Crippen molar-refractivity contribution in [3.05, 3.63) is 59.2 Å². The van der Waals surface area contributed by atoms with Gasteiger partial charge in [0.15, 0.2) is 0 Å². The number of ether oxygens (including phenoxy) is 1. The molecule has 0 spiro atoms. The third kappa shape index (κ3) is 6.58. The van der Waals surface area contributed by atoms with Crippen molar-refractivity contribution in [2.45, 2.75) is 52.6 Å². The summed E-state index contributed by atoms with van der Waals surface area (Å²) in [6, 6.07) is 12.1. The van der Waals surface area contributed by atoms with Crippen LogP contribution in [0.2, 0.25) is 0 Å². The van der Waals surface area contributed by atoms with Crippen molar-refractivity contribution >= 4 is 40.9 Å². The van der Waals surface area contributed by atoms with Crippen LogP contribution in [0.3, 0.4) is 0 Å². The fraction of sp³-hybridized carbons (Fsp3) is 0.452. The van der Waals surface area contributed by atoms with E-state index in [1.54, 1.807) is 12.1 Å². The number of esters is 1. The Kier molecular flexibility index (Phi) is 8.37. The molecular formula is C31H37N5O5. The molecule has 10 heteroatoms. The summed E-state index contributed by atoms with van der Waals surface area (Å²) in [5, 5.41) is 5.42. The number of carbonyl (C=O) groups is 4. The summed E-state index contributed by atoms with van der Waals surface area (Å²) in [5.41, 5.74) is 3.72. The van der Waals surface area contributed by atoms with Crippen LogP contribution in [0.1, 0.15) is 49.3 Å². The molecule has 6 rings (SSSR count). The molecule has 4 aliphatic rings. The number of nitrogens with one attached hydrogen (secondary N) is 2. The predicted octanol–water partition coefficient (Wildman–Crippen LogP) is 3.80. The topological polar surface area (TPSA) is 120 Å². The average molecular weight is 560 g/mol. The molecular weight excluding hydrogens is 522 g/mol. The maximum atomic E-state index is 14.1. The maximum absolute atomic E-state index is 14.1. The third-order valence-electron chi connectivity index (χ3n) is 8.13. The summed E-state index contributed by atoms with van der Waals surface area (Å²) in [6.07, 6.45) is 3.19. The second kappa shape index (κ2) is 12.1. The van der Waals surface area contributed by atoms with E-state index >= 15 is 0 Å². The minimum absolute atomic E-state index is 0.127. The normalized spacial score (nSPS) is 21.8. The molecule has 3 fully saturated rings. The van der Waals surface area contributed by atoms with Gasteiger partial charge in [-0.15, -0.1) is 0 Å². The van der Waals surface area contributed by atoms with Crippen LogP contribution in [-0.4, -0.2) is 66.8 Å². The molecule has 1 aliphatic carbocycles. The SMILES string of the molecule is CC(=O)OCC1=N[C@@H](NC(=O)Nc2cccc(C)c2)C(=O)N(CC(=O)N2CC3CCC(CC3)C2)c2c(C)cccc21. The Morgan fingerprint density at radius 2 is 1.68 bits per heavy atom. The van der Waals surface area contributed by atoms with Crippen molar-refractivity contribution in [1.29, 1.82) is 0 Å². The number of carbonyl (C=O) groups excluding carboxylic acids is 4. The van der Waals surface area contributed by atoms with Gasteiger partial charge in [-0.05, 0) is 74.6 Å². The molecule has 2 aromatic rings. The molecule has 3 aliphatic heterocycles. The number of para-hydroxylation sites is 1. The van der Waals surface area contributed by atoms with Gasteiger partial charge in [-0.2, -0.15) is 0 Å². The molecule has 4 amide bonds. The van der Waals surface area contributed by atoms with Gasteiger partial charge in [0.25, 0.3) is 5.91 Å². The fourth-order valence-electron chi connectivity index (χ4n) is 6.07. The first-order chi connectivity index (χ1) is 19.7. The van der Waals surface area contributed by atoms with E-state index in [0.717, 1.165) is 36.8 Å². The molecule has 10 nitrogen and oxygen atoms in total. The summed E-state index contributed by atoms with van der Waals surface area (Å²) in [7, 11) is 0. The predicted molar refractivity (Wildman–Crippen MR) is 156 cm³/mol. The van der Waals surface area contributed by atoms with Crippen molar-refractivity contribution in [2.24, 2.45) is 16.8 Å². The molecule has 0 radical (unpaired) electrons. The number of benzodiazepines with no additional fused rings is 1. The highest BCUT2D eigenvalue weighted by molar-refractivity contribution is 6.16. The number of urea groups is 1. The van der Waals surface area contributed by atoms with E-state index in [4.69, 9.17) is 4.74 Å². The molecule has 2 aromatic carbocycles. The minimum Gasteiger partial charge on any atom is -0.459 e. The average Bonchev–Trinajstić information content (AvgIpc) is 3.31. The van der Waals surface area contributed by atoms with E-state index in [0.29, 0.717) is 47.6 Å². The monoisotopic (exact) mass is 559 g/mol. The van der Waals surface area contributed by atoms with E-state index in [9.17, 15) is 19.2 Å². The molecule has 0 aromatic heterocycles. The highest BCUT2D eigenvalue weighted by Crippen LogP contribution is 2.35. The first-order valence-corrected chi connectivity index (χ1v) is 14.2. The van der Waals surface area contributed by atoms with Crippen molar-refractivity contribution in [3.63, 3.8) is 0 Å². The molecule has 2 bridgehead atoms. The Morgan fingerprint density at radius 1 is 1.00 bits per heavy atom. The summed E-state index contributed by atoms with van der Waals surface area (Å²) in [5.74, 6) is -0.182. The first kappa shape index (κ1) is 28.3. The van der Waals surface area contributed by atoms with Gasteiger partial charge in [0.05, 0.1) is 11.4 Å². The lowest BCUT2D eigenvalue weighted by Crippen LogP contribution is -2.52. The van der Waals surface area contributed by atoms with Gasteiger partial charge in [-0.25, -0.2) is 4.79 Å². The van der Waals surface area contributed by atoms with Gasteiger partial charge in [-0.3, -0.25) is 24.3 Å². The summed E-state index contributed by atoms with van der Waals surface area (Å²) >= 11 is 0. The van der Waals surface area contributed by atoms with Crippen LogP contribution < -0.4 is 15.5 Å². The van der Waals surface area contributed by atoms with E-state index in [1.807, 2.05) is 49.1 Å². The largest absolute Gasteiger partial charge is 0.459 e. The number of aryl methyl sites for hydroxylation is 2. The van der Waals surface area contributed by atoms with Gasteiger partial charge >= 0.3 is 12.0 Å². The van der Waals surface area contributed by atoms with Crippen molar-refractivity contribution in [3.8, 4) is 0 Å². The highest BCUT2D eigenvalue weighted by Gasteiger charge is 2.37. The lowest BCUT2D eigenvalue weighted by molar-refractivity contribution is -0.139. The number of hydrogen-bond acceptors (Lipinski definition) is 6. The molecule has 41 heavy (non-hydrogen) atoms. The highest BCUT2D eigenvalue weighted by atomic mass is 16.5. The van der Waals surface area contributed by atoms with E-state index in [-0.39, 0.29) is 19.1 Å². The summed E-state index contributed by atoms with van der Waals surface area (Å²) < 4.78 is 5.28. The van der Waals surface area contributed by atoms with Crippen LogP contribution in [0.25, 0.3) is 0 Å². The number of nitrogens with zero attached hydrogens (tertiary/aromatic N) is 3. The zero-order valence-electron chi connectivity index (χ0n) is 23.8. The number of aliphatic imine (C=N–C) groups is 1. The number of benzene rings is 2. The lowest BCUT2D eigenvalue weighted by atomic mass is 9.84. The lowest BCUT2D eigenvalue weighted by Gasteiger charge is -2.30. The number of anilines is 2. The third-order valence-corrected chi connectivity index (χ3v) is 8.13. The van der Waals surface area contributed by atoms with Gasteiger partial charge in [0, 0.05) is 31.3 Å². The zero-order valence-corrected chi connectivity index (χ0v) is 23.8. The van der Waals surface area contributed by atoms with Crippen LogP contribution >= 0.6 is 0 Å². The Labute approximate surface area is 240 Å². The first-order valence-electron chi connectivity index (χ1n) is 14.2. The van der Waals surface area contributed by atoms with Crippen LogP contribution in [0.15, 0.2) is 47.5 Å². The molecule has 216 valence electrons. The molecule has 3 heterocycles. The molecule has 2 saturated heterocycles. The van der Waals surface area contributed by atoms with Crippen molar-refractivity contribution in [1.82, 2.24) is 10.2 Å². The molecule has 2 N–H and O–H groups in total. The van der Waals surface area contributed by atoms with Crippen LogP contribution in [-0.2, 0) is 19.1 Å². The smallest absolute Gasteiger partial charge is 0.321 e. The standard InChI is InChI=1S/C31H37N5O5/c1-19-6-4-8-24(14-19)32-31(40)34-29-30(39)36(17-27(38)35-15-22-10-11-23(16-35)13-12-22)28-20(2)7-5-9-25(28)26(33-29)18-41-21(3)37/h4-9,14,22-23,29H,10-13,15-18H2,1-3H3,(H2,32,34,40)/t22?,23?,29-/m0/s1. The van der Waals surface area contributed by atoms with Crippen molar-refractivity contribution < 1.29 is 23.9 Å².